The van der Waals surface area contributed by atoms with Gasteiger partial charge in [0.15, 0.2) is 0 Å². The fourth-order valence-electron chi connectivity index (χ4n) is 3.74. The summed E-state index contributed by atoms with van der Waals surface area (Å²) in [7, 11) is 0. The second-order valence-corrected chi connectivity index (χ2v) is 8.59. The summed E-state index contributed by atoms with van der Waals surface area (Å²) in [6, 6.07) is 5.16. The summed E-state index contributed by atoms with van der Waals surface area (Å²) in [4.78, 5) is 27.0. The van der Waals surface area contributed by atoms with Crippen molar-refractivity contribution in [3.05, 3.63) is 28.2 Å². The molecule has 0 bridgehead atoms. The number of nitrogens with one attached hydrogen (secondary N) is 1. The zero-order valence-corrected chi connectivity index (χ0v) is 17.1. The van der Waals surface area contributed by atoms with Gasteiger partial charge in [0.25, 0.3) is 0 Å². The Bertz CT molecular complexity index is 716. The number of ether oxygens (including phenoxy) is 2. The number of fused-ring (bicyclic) bond motifs is 3. The van der Waals surface area contributed by atoms with Gasteiger partial charge in [0.05, 0.1) is 12.6 Å². The third-order valence-electron chi connectivity index (χ3n) is 4.68. The number of benzene rings is 1. The molecular formula is C19H25BrN2O4. The first-order valence-corrected chi connectivity index (χ1v) is 9.73. The van der Waals surface area contributed by atoms with Crippen molar-refractivity contribution in [3.8, 4) is 0 Å². The summed E-state index contributed by atoms with van der Waals surface area (Å²) in [6.45, 7) is 8.24. The molecule has 0 aliphatic carbocycles. The van der Waals surface area contributed by atoms with Crippen LogP contribution in [-0.2, 0) is 14.3 Å². The van der Waals surface area contributed by atoms with E-state index in [4.69, 9.17) is 9.47 Å². The van der Waals surface area contributed by atoms with Crippen LogP contribution >= 0.6 is 15.9 Å². The van der Waals surface area contributed by atoms with Gasteiger partial charge in [0.1, 0.15) is 11.6 Å². The van der Waals surface area contributed by atoms with Crippen LogP contribution in [-0.4, -0.2) is 41.8 Å². The van der Waals surface area contributed by atoms with Crippen molar-refractivity contribution in [1.82, 2.24) is 4.90 Å². The van der Waals surface area contributed by atoms with Gasteiger partial charge in [-0.05, 0) is 57.9 Å². The quantitative estimate of drug-likeness (QED) is 0.723. The minimum Gasteiger partial charge on any atom is -0.464 e. The first-order valence-electron chi connectivity index (χ1n) is 8.93. The van der Waals surface area contributed by atoms with Gasteiger partial charge in [-0.3, -0.25) is 0 Å². The van der Waals surface area contributed by atoms with E-state index in [0.29, 0.717) is 19.6 Å². The largest absolute Gasteiger partial charge is 0.464 e. The molecule has 2 aliphatic rings. The fraction of sp³-hybridized carbons (Fsp3) is 0.579. The molecule has 2 aliphatic heterocycles. The Morgan fingerprint density at radius 3 is 2.73 bits per heavy atom. The highest BCUT2D eigenvalue weighted by atomic mass is 79.9. The number of amides is 1. The predicted octanol–water partition coefficient (Wildman–Crippen LogP) is 4.10. The Balaban J connectivity index is 1.97. The Morgan fingerprint density at radius 1 is 1.35 bits per heavy atom. The molecule has 1 aromatic rings. The van der Waals surface area contributed by atoms with Gasteiger partial charge < -0.3 is 19.7 Å². The van der Waals surface area contributed by atoms with Gasteiger partial charge in [0.2, 0.25) is 0 Å². The van der Waals surface area contributed by atoms with E-state index in [2.05, 4.69) is 21.2 Å². The standard InChI is InChI=1S/C19H25BrN2O4/c1-5-25-17(23)15-12-8-9-22(18(24)26-19(2,3)4)16(12)13-10-11(20)6-7-14(13)21-15/h6-7,10,12,15-16,21H,5,8-9H2,1-4H3. The fourth-order valence-corrected chi connectivity index (χ4v) is 4.12. The van der Waals surface area contributed by atoms with Crippen molar-refractivity contribution in [3.63, 3.8) is 0 Å². The summed E-state index contributed by atoms with van der Waals surface area (Å²) in [6.07, 6.45) is 0.368. The van der Waals surface area contributed by atoms with E-state index >= 15 is 0 Å². The van der Waals surface area contributed by atoms with E-state index in [1.165, 1.54) is 0 Å². The molecule has 26 heavy (non-hydrogen) atoms. The van der Waals surface area contributed by atoms with E-state index < -0.39 is 11.6 Å². The molecule has 1 N–H and O–H groups in total. The highest BCUT2D eigenvalue weighted by Gasteiger charge is 2.49. The van der Waals surface area contributed by atoms with Crippen LogP contribution in [0.2, 0.25) is 0 Å². The molecule has 1 amide bonds. The molecule has 6 nitrogen and oxygen atoms in total. The van der Waals surface area contributed by atoms with Crippen LogP contribution in [0, 0.1) is 5.92 Å². The molecular weight excluding hydrogens is 400 g/mol. The van der Waals surface area contributed by atoms with E-state index in [1.807, 2.05) is 39.0 Å². The Hall–Kier alpha value is -1.76. The molecule has 3 atom stereocenters. The third kappa shape index (κ3) is 3.68. The number of rotatable bonds is 2. The summed E-state index contributed by atoms with van der Waals surface area (Å²) in [5, 5.41) is 3.31. The molecule has 2 heterocycles. The maximum Gasteiger partial charge on any atom is 0.410 e. The zero-order valence-electron chi connectivity index (χ0n) is 15.5. The van der Waals surface area contributed by atoms with E-state index in [0.717, 1.165) is 15.7 Å². The SMILES string of the molecule is CCOC(=O)C1Nc2ccc(Br)cc2C2C1CCN2C(=O)OC(C)(C)C. The first-order chi connectivity index (χ1) is 12.2. The molecule has 1 aromatic carbocycles. The number of hydrogen-bond acceptors (Lipinski definition) is 5. The van der Waals surface area contributed by atoms with Crippen LogP contribution in [0.15, 0.2) is 22.7 Å². The average Bonchev–Trinajstić information content (AvgIpc) is 2.98. The Labute approximate surface area is 162 Å². The summed E-state index contributed by atoms with van der Waals surface area (Å²) < 4.78 is 11.8. The average molecular weight is 425 g/mol. The summed E-state index contributed by atoms with van der Waals surface area (Å²) in [5.41, 5.74) is 1.28. The van der Waals surface area contributed by atoms with Crippen molar-refractivity contribution < 1.29 is 19.1 Å². The molecule has 142 valence electrons. The maximum atomic E-state index is 12.8. The van der Waals surface area contributed by atoms with Crippen molar-refractivity contribution in [2.24, 2.45) is 5.92 Å². The van der Waals surface area contributed by atoms with E-state index in [-0.39, 0.29) is 24.0 Å². The molecule has 3 rings (SSSR count). The molecule has 0 saturated carbocycles. The molecule has 7 heteroatoms. The smallest absolute Gasteiger partial charge is 0.410 e. The van der Waals surface area contributed by atoms with Crippen LogP contribution in [0.25, 0.3) is 0 Å². The third-order valence-corrected chi connectivity index (χ3v) is 5.18. The number of likely N-dealkylation sites (tertiary alicyclic amines) is 1. The van der Waals surface area contributed by atoms with E-state index in [9.17, 15) is 9.59 Å². The zero-order chi connectivity index (χ0) is 19.1. The maximum absolute atomic E-state index is 12.8. The van der Waals surface area contributed by atoms with Gasteiger partial charge in [-0.15, -0.1) is 0 Å². The monoisotopic (exact) mass is 424 g/mol. The number of hydrogen-bond donors (Lipinski definition) is 1. The van der Waals surface area contributed by atoms with Crippen molar-refractivity contribution in [2.75, 3.05) is 18.5 Å². The van der Waals surface area contributed by atoms with Gasteiger partial charge in [0, 0.05) is 22.6 Å². The van der Waals surface area contributed by atoms with Crippen LogP contribution in [0.4, 0.5) is 10.5 Å². The summed E-state index contributed by atoms with van der Waals surface area (Å²) in [5.74, 6) is -0.328. The number of carbonyl (C=O) groups excluding carboxylic acids is 2. The lowest BCUT2D eigenvalue weighted by atomic mass is 9.83. The molecule has 3 unspecified atom stereocenters. The lowest BCUT2D eigenvalue weighted by Crippen LogP contribution is -2.46. The molecule has 1 fully saturated rings. The molecule has 0 radical (unpaired) electrons. The number of halogens is 1. The Morgan fingerprint density at radius 2 is 2.08 bits per heavy atom. The van der Waals surface area contributed by atoms with Crippen molar-refractivity contribution >= 4 is 33.7 Å². The number of nitrogens with zero attached hydrogens (tertiary/aromatic N) is 1. The number of anilines is 1. The van der Waals surface area contributed by atoms with Crippen LogP contribution in [0.3, 0.4) is 0 Å². The van der Waals surface area contributed by atoms with Crippen LogP contribution in [0.1, 0.15) is 45.7 Å². The molecule has 1 saturated heterocycles. The molecule has 0 aromatic heterocycles. The molecule has 0 spiro atoms. The summed E-state index contributed by atoms with van der Waals surface area (Å²) >= 11 is 3.51. The normalized spacial score (nSPS) is 24.3. The van der Waals surface area contributed by atoms with Gasteiger partial charge >= 0.3 is 12.1 Å². The van der Waals surface area contributed by atoms with Crippen LogP contribution < -0.4 is 5.32 Å². The lowest BCUT2D eigenvalue weighted by Gasteiger charge is -2.38. The predicted molar refractivity (Wildman–Crippen MR) is 102 cm³/mol. The van der Waals surface area contributed by atoms with Crippen molar-refractivity contribution in [2.45, 2.75) is 51.8 Å². The van der Waals surface area contributed by atoms with Gasteiger partial charge in [-0.1, -0.05) is 15.9 Å². The van der Waals surface area contributed by atoms with Crippen LogP contribution in [0.5, 0.6) is 0 Å². The van der Waals surface area contributed by atoms with Gasteiger partial charge in [-0.2, -0.15) is 0 Å². The van der Waals surface area contributed by atoms with Gasteiger partial charge in [-0.25, -0.2) is 9.59 Å². The second-order valence-electron chi connectivity index (χ2n) is 7.68. The highest BCUT2D eigenvalue weighted by Crippen LogP contribution is 2.47. The Kier molecular flexibility index (Phi) is 5.19. The highest BCUT2D eigenvalue weighted by molar-refractivity contribution is 9.10. The minimum atomic E-state index is -0.567. The topological polar surface area (TPSA) is 67.9 Å². The number of esters is 1. The lowest BCUT2D eigenvalue weighted by molar-refractivity contribution is -0.145. The van der Waals surface area contributed by atoms with E-state index in [1.54, 1.807) is 11.8 Å². The van der Waals surface area contributed by atoms with Crippen molar-refractivity contribution in [1.29, 1.82) is 0 Å². The number of carbonyl (C=O) groups is 2. The minimum absolute atomic E-state index is 0.0524. The first kappa shape index (κ1) is 19.0. The second kappa shape index (κ2) is 7.10.